The van der Waals surface area contributed by atoms with Crippen molar-refractivity contribution in [3.05, 3.63) is 11.1 Å². The Bertz CT molecular complexity index is 656. The topological polar surface area (TPSA) is 82.6 Å². The third-order valence-electron chi connectivity index (χ3n) is 4.51. The second-order valence-corrected chi connectivity index (χ2v) is 8.19. The molecule has 0 aliphatic carbocycles. The molecule has 2 fully saturated rings. The average molecular weight is 383 g/mol. The number of likely N-dealkylation sites (tertiary alicyclic amines) is 1. The minimum absolute atomic E-state index is 0.0128. The molecule has 2 aliphatic rings. The number of nitrogens with one attached hydrogen (secondary N) is 1. The van der Waals surface area contributed by atoms with Crippen molar-refractivity contribution in [2.45, 2.75) is 26.2 Å². The maximum absolute atomic E-state index is 12.3. The fraction of sp³-hybridized carbons (Fsp3) is 0.625. The molecule has 25 heavy (non-hydrogen) atoms. The van der Waals surface area contributed by atoms with Crippen molar-refractivity contribution >= 4 is 45.3 Å². The first-order chi connectivity index (χ1) is 12.0. The summed E-state index contributed by atoms with van der Waals surface area (Å²) in [6.45, 7) is 4.31. The molecule has 0 atom stereocenters. The van der Waals surface area contributed by atoms with Crippen LogP contribution in [0, 0.1) is 12.8 Å². The van der Waals surface area contributed by atoms with Crippen LogP contribution in [0.3, 0.4) is 0 Å². The number of anilines is 1. The zero-order chi connectivity index (χ0) is 17.8. The van der Waals surface area contributed by atoms with Crippen LogP contribution < -0.4 is 5.32 Å². The van der Waals surface area contributed by atoms with Crippen LogP contribution in [-0.2, 0) is 9.59 Å². The molecule has 0 aromatic carbocycles. The zero-order valence-electron chi connectivity index (χ0n) is 14.2. The van der Waals surface area contributed by atoms with Gasteiger partial charge in [0.15, 0.2) is 5.13 Å². The van der Waals surface area contributed by atoms with Gasteiger partial charge in [-0.25, -0.2) is 4.98 Å². The molecule has 136 valence electrons. The van der Waals surface area contributed by atoms with Gasteiger partial charge < -0.3 is 15.1 Å². The Morgan fingerprint density at radius 1 is 1.32 bits per heavy atom. The van der Waals surface area contributed by atoms with E-state index in [-0.39, 0.29) is 23.0 Å². The van der Waals surface area contributed by atoms with Gasteiger partial charge in [0, 0.05) is 49.7 Å². The lowest BCUT2D eigenvalue weighted by atomic mass is 9.96. The average Bonchev–Trinajstić information content (AvgIpc) is 3.21. The SMILES string of the molecule is Cc1csc(NC(=O)C2CCN(C(=O)CCN3CCSC3=O)CC2)n1. The maximum Gasteiger partial charge on any atom is 0.281 e. The molecule has 0 radical (unpaired) electrons. The summed E-state index contributed by atoms with van der Waals surface area (Å²) < 4.78 is 0. The summed E-state index contributed by atoms with van der Waals surface area (Å²) in [5.41, 5.74) is 0.899. The predicted molar refractivity (Wildman–Crippen MR) is 98.8 cm³/mol. The van der Waals surface area contributed by atoms with Gasteiger partial charge in [0.1, 0.15) is 0 Å². The first-order valence-corrected chi connectivity index (χ1v) is 10.3. The van der Waals surface area contributed by atoms with E-state index in [1.54, 1.807) is 4.90 Å². The third kappa shape index (κ3) is 4.72. The molecule has 1 aromatic rings. The number of amides is 3. The van der Waals surface area contributed by atoms with Crippen LogP contribution in [0.5, 0.6) is 0 Å². The second-order valence-electron chi connectivity index (χ2n) is 6.29. The summed E-state index contributed by atoms with van der Waals surface area (Å²) in [7, 11) is 0. The number of carbonyl (C=O) groups excluding carboxylic acids is 3. The van der Waals surface area contributed by atoms with E-state index in [0.717, 1.165) is 18.0 Å². The van der Waals surface area contributed by atoms with Crippen LogP contribution in [0.2, 0.25) is 0 Å². The summed E-state index contributed by atoms with van der Waals surface area (Å²) >= 11 is 2.74. The molecule has 2 aliphatic heterocycles. The van der Waals surface area contributed by atoms with Crippen molar-refractivity contribution in [3.8, 4) is 0 Å². The van der Waals surface area contributed by atoms with Crippen LogP contribution in [-0.4, -0.2) is 63.8 Å². The van der Waals surface area contributed by atoms with E-state index in [1.165, 1.54) is 23.1 Å². The van der Waals surface area contributed by atoms with E-state index in [9.17, 15) is 14.4 Å². The fourth-order valence-electron chi connectivity index (χ4n) is 3.03. The Hall–Kier alpha value is -1.61. The summed E-state index contributed by atoms with van der Waals surface area (Å²) in [6, 6.07) is 0. The van der Waals surface area contributed by atoms with Gasteiger partial charge in [-0.3, -0.25) is 14.4 Å². The van der Waals surface area contributed by atoms with Gasteiger partial charge in [0.05, 0.1) is 5.69 Å². The normalized spacial score (nSPS) is 18.7. The van der Waals surface area contributed by atoms with Crippen LogP contribution in [0.25, 0.3) is 0 Å². The molecule has 9 heteroatoms. The molecular weight excluding hydrogens is 360 g/mol. The van der Waals surface area contributed by atoms with Gasteiger partial charge in [0.25, 0.3) is 5.24 Å². The molecular formula is C16H22N4O3S2. The Morgan fingerprint density at radius 2 is 2.08 bits per heavy atom. The van der Waals surface area contributed by atoms with Gasteiger partial charge in [-0.1, -0.05) is 11.8 Å². The Morgan fingerprint density at radius 3 is 2.68 bits per heavy atom. The third-order valence-corrected chi connectivity index (χ3v) is 6.28. The molecule has 3 rings (SSSR count). The first-order valence-electron chi connectivity index (χ1n) is 8.45. The zero-order valence-corrected chi connectivity index (χ0v) is 15.8. The van der Waals surface area contributed by atoms with Crippen molar-refractivity contribution in [2.75, 3.05) is 37.2 Å². The molecule has 1 aromatic heterocycles. The van der Waals surface area contributed by atoms with Crippen LogP contribution in [0.4, 0.5) is 9.93 Å². The second kappa shape index (κ2) is 8.18. The molecule has 1 N–H and O–H groups in total. The molecule has 3 heterocycles. The lowest BCUT2D eigenvalue weighted by Gasteiger charge is -2.31. The van der Waals surface area contributed by atoms with Gasteiger partial charge in [-0.2, -0.15) is 0 Å². The predicted octanol–water partition coefficient (Wildman–Crippen LogP) is 2.19. The monoisotopic (exact) mass is 382 g/mol. The number of aromatic nitrogens is 1. The van der Waals surface area contributed by atoms with E-state index in [0.29, 0.717) is 44.0 Å². The number of rotatable bonds is 5. The number of thiazole rings is 1. The van der Waals surface area contributed by atoms with Crippen molar-refractivity contribution in [1.29, 1.82) is 0 Å². The summed E-state index contributed by atoms with van der Waals surface area (Å²) in [4.78, 5) is 43.9. The van der Waals surface area contributed by atoms with E-state index in [1.807, 2.05) is 17.2 Å². The smallest absolute Gasteiger partial charge is 0.281 e. The standard InChI is InChI=1S/C16H22N4O3S2/c1-11-10-25-15(17-11)18-14(22)12-2-5-19(6-3-12)13(21)4-7-20-8-9-24-16(20)23/h10,12H,2-9H2,1H3,(H,17,18,22). The molecule has 3 amide bonds. The lowest BCUT2D eigenvalue weighted by molar-refractivity contribution is -0.134. The van der Waals surface area contributed by atoms with Crippen molar-refractivity contribution in [1.82, 2.24) is 14.8 Å². The van der Waals surface area contributed by atoms with Gasteiger partial charge in [0.2, 0.25) is 11.8 Å². The van der Waals surface area contributed by atoms with Crippen LogP contribution in [0.1, 0.15) is 25.0 Å². The summed E-state index contributed by atoms with van der Waals surface area (Å²) in [5.74, 6) is 0.789. The molecule has 2 saturated heterocycles. The summed E-state index contributed by atoms with van der Waals surface area (Å²) in [6.07, 6.45) is 1.70. The highest BCUT2D eigenvalue weighted by atomic mass is 32.2. The number of hydrogen-bond acceptors (Lipinski definition) is 6. The summed E-state index contributed by atoms with van der Waals surface area (Å²) in [5, 5.41) is 5.47. The Kier molecular flexibility index (Phi) is 5.95. The van der Waals surface area contributed by atoms with E-state index >= 15 is 0 Å². The minimum Gasteiger partial charge on any atom is -0.343 e. The molecule has 7 nitrogen and oxygen atoms in total. The highest BCUT2D eigenvalue weighted by molar-refractivity contribution is 8.13. The fourth-order valence-corrected chi connectivity index (χ4v) is 4.57. The molecule has 0 saturated carbocycles. The lowest BCUT2D eigenvalue weighted by Crippen LogP contribution is -2.42. The number of nitrogens with zero attached hydrogens (tertiary/aromatic N) is 3. The highest BCUT2D eigenvalue weighted by Gasteiger charge is 2.28. The minimum atomic E-state index is -0.0789. The van der Waals surface area contributed by atoms with E-state index < -0.39 is 0 Å². The van der Waals surface area contributed by atoms with Gasteiger partial charge in [-0.05, 0) is 19.8 Å². The number of carbonyl (C=O) groups is 3. The Labute approximate surface area is 155 Å². The number of piperidine rings is 1. The van der Waals surface area contributed by atoms with Gasteiger partial charge >= 0.3 is 0 Å². The largest absolute Gasteiger partial charge is 0.343 e. The van der Waals surface area contributed by atoms with Crippen molar-refractivity contribution in [2.24, 2.45) is 5.92 Å². The van der Waals surface area contributed by atoms with E-state index in [4.69, 9.17) is 0 Å². The highest BCUT2D eigenvalue weighted by Crippen LogP contribution is 2.22. The van der Waals surface area contributed by atoms with Gasteiger partial charge in [-0.15, -0.1) is 11.3 Å². The number of aryl methyl sites for hydroxylation is 1. The van der Waals surface area contributed by atoms with Crippen LogP contribution in [0.15, 0.2) is 5.38 Å². The molecule has 0 bridgehead atoms. The van der Waals surface area contributed by atoms with E-state index in [2.05, 4.69) is 10.3 Å². The molecule has 0 unspecified atom stereocenters. The maximum atomic E-state index is 12.3. The Balaban J connectivity index is 1.41. The van der Waals surface area contributed by atoms with Crippen LogP contribution >= 0.6 is 23.1 Å². The van der Waals surface area contributed by atoms with Crippen molar-refractivity contribution in [3.63, 3.8) is 0 Å². The quantitative estimate of drug-likeness (QED) is 0.844. The first kappa shape index (κ1) is 18.2. The van der Waals surface area contributed by atoms with Crippen molar-refractivity contribution < 1.29 is 14.4 Å². The molecule has 0 spiro atoms. The number of thioether (sulfide) groups is 1. The number of hydrogen-bond donors (Lipinski definition) is 1.